The van der Waals surface area contributed by atoms with Gasteiger partial charge in [-0.1, -0.05) is 30.3 Å². The van der Waals surface area contributed by atoms with Crippen molar-refractivity contribution in [1.82, 2.24) is 19.8 Å². The maximum atomic E-state index is 13.2. The number of hydrogen-bond acceptors (Lipinski definition) is 6. The van der Waals surface area contributed by atoms with Gasteiger partial charge in [-0.25, -0.2) is 9.97 Å². The quantitative estimate of drug-likeness (QED) is 0.544. The zero-order valence-corrected chi connectivity index (χ0v) is 20.1. The van der Waals surface area contributed by atoms with Crippen LogP contribution < -0.4 is 4.90 Å². The lowest BCUT2D eigenvalue weighted by Crippen LogP contribution is -2.49. The van der Waals surface area contributed by atoms with Crippen LogP contribution in [0.25, 0.3) is 11.3 Å². The van der Waals surface area contributed by atoms with Crippen molar-refractivity contribution in [1.29, 1.82) is 0 Å². The Morgan fingerprint density at radius 1 is 0.857 bits per heavy atom. The Labute approximate surface area is 204 Å². The summed E-state index contributed by atoms with van der Waals surface area (Å²) in [5.74, 6) is 0.765. The summed E-state index contributed by atoms with van der Waals surface area (Å²) in [7, 11) is 0. The van der Waals surface area contributed by atoms with E-state index in [0.29, 0.717) is 48.7 Å². The van der Waals surface area contributed by atoms with Gasteiger partial charge in [0.25, 0.3) is 17.7 Å². The molecule has 0 bridgehead atoms. The molecule has 0 radical (unpaired) electrons. The topological polar surface area (TPSA) is 86.7 Å². The molecule has 2 aliphatic heterocycles. The van der Waals surface area contributed by atoms with Crippen LogP contribution in [0.4, 0.5) is 5.82 Å². The van der Waals surface area contributed by atoms with Gasteiger partial charge in [-0.05, 0) is 39.0 Å². The second-order valence-corrected chi connectivity index (χ2v) is 9.14. The van der Waals surface area contributed by atoms with E-state index >= 15 is 0 Å². The highest BCUT2D eigenvalue weighted by atomic mass is 16.2. The molecule has 2 aromatic carbocycles. The van der Waals surface area contributed by atoms with Crippen LogP contribution in [-0.2, 0) is 0 Å². The van der Waals surface area contributed by atoms with Gasteiger partial charge in [0.2, 0.25) is 0 Å². The molecule has 2 aliphatic rings. The van der Waals surface area contributed by atoms with E-state index in [1.165, 1.54) is 4.90 Å². The summed E-state index contributed by atoms with van der Waals surface area (Å²) >= 11 is 0. The zero-order valence-electron chi connectivity index (χ0n) is 20.1. The molecule has 0 spiro atoms. The minimum absolute atomic E-state index is 0.139. The monoisotopic (exact) mass is 469 g/mol. The predicted octanol–water partition coefficient (Wildman–Crippen LogP) is 3.42. The van der Waals surface area contributed by atoms with Crippen LogP contribution in [0.3, 0.4) is 0 Å². The fourth-order valence-electron chi connectivity index (χ4n) is 4.65. The highest BCUT2D eigenvalue weighted by molar-refractivity contribution is 6.22. The summed E-state index contributed by atoms with van der Waals surface area (Å²) in [6.07, 6.45) is 0. The molecule has 1 saturated heterocycles. The third-order valence-corrected chi connectivity index (χ3v) is 6.47. The Balaban J connectivity index is 1.30. The van der Waals surface area contributed by atoms with Crippen molar-refractivity contribution in [3.05, 3.63) is 77.1 Å². The first-order valence-corrected chi connectivity index (χ1v) is 11.8. The summed E-state index contributed by atoms with van der Waals surface area (Å²) in [6, 6.07) is 16.6. The van der Waals surface area contributed by atoms with Gasteiger partial charge in [0, 0.05) is 49.4 Å². The normalized spacial score (nSPS) is 15.7. The van der Waals surface area contributed by atoms with Crippen molar-refractivity contribution in [3.63, 3.8) is 0 Å². The van der Waals surface area contributed by atoms with Gasteiger partial charge in [-0.3, -0.25) is 19.3 Å². The number of carbonyl (C=O) groups excluding carboxylic acids is 3. The Morgan fingerprint density at radius 2 is 1.54 bits per heavy atom. The van der Waals surface area contributed by atoms with Crippen molar-refractivity contribution < 1.29 is 14.4 Å². The number of piperazine rings is 1. The van der Waals surface area contributed by atoms with Crippen LogP contribution in [-0.4, -0.2) is 69.7 Å². The third kappa shape index (κ3) is 4.16. The van der Waals surface area contributed by atoms with Gasteiger partial charge in [0.15, 0.2) is 0 Å². The van der Waals surface area contributed by atoms with E-state index < -0.39 is 0 Å². The minimum Gasteiger partial charge on any atom is -0.353 e. The summed E-state index contributed by atoms with van der Waals surface area (Å²) < 4.78 is 0. The number of aromatic nitrogens is 2. The molecule has 0 saturated carbocycles. The highest BCUT2D eigenvalue weighted by Gasteiger charge is 2.37. The SMILES string of the molecule is Cc1nc(-c2ccccc2)cc(N2CCN(C(=O)c3ccc4c(c3)C(=O)N(C(C)C)C4=O)CC2)n1. The number of aryl methyl sites for hydroxylation is 1. The number of hydrogen-bond donors (Lipinski definition) is 0. The number of anilines is 1. The van der Waals surface area contributed by atoms with E-state index in [9.17, 15) is 14.4 Å². The lowest BCUT2D eigenvalue weighted by Gasteiger charge is -2.35. The second-order valence-electron chi connectivity index (χ2n) is 9.14. The minimum atomic E-state index is -0.340. The summed E-state index contributed by atoms with van der Waals surface area (Å²) in [5.41, 5.74) is 3.00. The van der Waals surface area contributed by atoms with Gasteiger partial charge < -0.3 is 9.80 Å². The number of nitrogens with zero attached hydrogens (tertiary/aromatic N) is 5. The molecule has 0 unspecified atom stereocenters. The summed E-state index contributed by atoms with van der Waals surface area (Å²) in [5, 5.41) is 0. The fraction of sp³-hybridized carbons (Fsp3) is 0.296. The lowest BCUT2D eigenvalue weighted by atomic mass is 10.0. The van der Waals surface area contributed by atoms with Gasteiger partial charge >= 0.3 is 0 Å². The maximum Gasteiger partial charge on any atom is 0.261 e. The van der Waals surface area contributed by atoms with E-state index in [1.54, 1.807) is 36.9 Å². The molecule has 3 aromatic rings. The average molecular weight is 470 g/mol. The van der Waals surface area contributed by atoms with E-state index in [0.717, 1.165) is 17.1 Å². The third-order valence-electron chi connectivity index (χ3n) is 6.47. The maximum absolute atomic E-state index is 13.2. The molecule has 0 atom stereocenters. The lowest BCUT2D eigenvalue weighted by molar-refractivity contribution is 0.0608. The number of amides is 3. The van der Waals surface area contributed by atoms with E-state index in [-0.39, 0.29) is 23.8 Å². The van der Waals surface area contributed by atoms with Crippen LogP contribution in [0, 0.1) is 6.92 Å². The fourth-order valence-corrected chi connectivity index (χ4v) is 4.65. The summed E-state index contributed by atoms with van der Waals surface area (Å²) in [6.45, 7) is 7.83. The van der Waals surface area contributed by atoms with Gasteiger partial charge in [0.1, 0.15) is 11.6 Å². The number of carbonyl (C=O) groups is 3. The first-order valence-electron chi connectivity index (χ1n) is 11.8. The van der Waals surface area contributed by atoms with Crippen molar-refractivity contribution in [2.24, 2.45) is 0 Å². The average Bonchev–Trinajstić information content (AvgIpc) is 3.13. The Kier molecular flexibility index (Phi) is 5.80. The largest absolute Gasteiger partial charge is 0.353 e. The first kappa shape index (κ1) is 22.7. The van der Waals surface area contributed by atoms with E-state index in [4.69, 9.17) is 0 Å². The smallest absolute Gasteiger partial charge is 0.261 e. The molecule has 5 rings (SSSR count). The Morgan fingerprint density at radius 3 is 2.23 bits per heavy atom. The van der Waals surface area contributed by atoms with Crippen LogP contribution >= 0.6 is 0 Å². The molecule has 8 heteroatoms. The molecule has 8 nitrogen and oxygen atoms in total. The van der Waals surface area contributed by atoms with E-state index in [1.807, 2.05) is 43.3 Å². The summed E-state index contributed by atoms with van der Waals surface area (Å²) in [4.78, 5) is 52.9. The van der Waals surface area contributed by atoms with Crippen molar-refractivity contribution in [2.45, 2.75) is 26.8 Å². The van der Waals surface area contributed by atoms with Crippen LogP contribution in [0.2, 0.25) is 0 Å². The van der Waals surface area contributed by atoms with Crippen molar-refractivity contribution >= 4 is 23.5 Å². The van der Waals surface area contributed by atoms with Gasteiger partial charge in [0.05, 0.1) is 16.8 Å². The van der Waals surface area contributed by atoms with Gasteiger partial charge in [-0.2, -0.15) is 0 Å². The molecule has 35 heavy (non-hydrogen) atoms. The number of imide groups is 1. The molecule has 3 amide bonds. The van der Waals surface area contributed by atoms with Crippen LogP contribution in [0.1, 0.15) is 50.7 Å². The standard InChI is InChI=1S/C27H27N5O3/c1-17(2)32-26(34)21-10-9-20(15-22(21)27(32)35)25(33)31-13-11-30(12-14-31)24-16-23(28-18(3)29-24)19-7-5-4-6-8-19/h4-10,15-17H,11-14H2,1-3H3. The van der Waals surface area contributed by atoms with Gasteiger partial charge in [-0.15, -0.1) is 0 Å². The second kappa shape index (κ2) is 8.94. The predicted molar refractivity (Wildman–Crippen MR) is 132 cm³/mol. The molecule has 0 N–H and O–H groups in total. The molecule has 1 aromatic heterocycles. The van der Waals surface area contributed by atoms with Crippen LogP contribution in [0.15, 0.2) is 54.6 Å². The van der Waals surface area contributed by atoms with Crippen molar-refractivity contribution in [2.75, 3.05) is 31.1 Å². The highest BCUT2D eigenvalue weighted by Crippen LogP contribution is 2.27. The first-order chi connectivity index (χ1) is 16.8. The van der Waals surface area contributed by atoms with Crippen molar-refractivity contribution in [3.8, 4) is 11.3 Å². The Hall–Kier alpha value is -4.07. The molecule has 3 heterocycles. The molecular weight excluding hydrogens is 442 g/mol. The number of benzene rings is 2. The van der Waals surface area contributed by atoms with E-state index in [2.05, 4.69) is 14.9 Å². The number of rotatable bonds is 4. The molecule has 178 valence electrons. The Bertz CT molecular complexity index is 1310. The number of fused-ring (bicyclic) bond motifs is 1. The molecule has 1 fully saturated rings. The zero-order chi connectivity index (χ0) is 24.7. The molecular formula is C27H27N5O3. The van der Waals surface area contributed by atoms with Crippen LogP contribution in [0.5, 0.6) is 0 Å². The molecule has 0 aliphatic carbocycles.